The summed E-state index contributed by atoms with van der Waals surface area (Å²) in [5, 5.41) is 12.5. The third-order valence-electron chi connectivity index (χ3n) is 3.48. The number of nitrogens with one attached hydrogen (secondary N) is 1. The summed E-state index contributed by atoms with van der Waals surface area (Å²) < 4.78 is 5.37. The quantitative estimate of drug-likeness (QED) is 0.759. The van der Waals surface area contributed by atoms with Crippen molar-refractivity contribution in [3.8, 4) is 5.75 Å². The highest BCUT2D eigenvalue weighted by molar-refractivity contribution is 5.78. The number of carboxylic acids is 1. The van der Waals surface area contributed by atoms with Gasteiger partial charge in [0.1, 0.15) is 11.3 Å². The van der Waals surface area contributed by atoms with Gasteiger partial charge in [-0.25, -0.2) is 0 Å². The van der Waals surface area contributed by atoms with Crippen molar-refractivity contribution in [2.45, 2.75) is 45.7 Å². The van der Waals surface area contributed by atoms with Gasteiger partial charge in [-0.2, -0.15) is 0 Å². The topological polar surface area (TPSA) is 58.6 Å². The normalized spacial score (nSPS) is 11.3. The highest BCUT2D eigenvalue weighted by Gasteiger charge is 2.33. The van der Waals surface area contributed by atoms with Gasteiger partial charge in [0.2, 0.25) is 0 Å². The van der Waals surface area contributed by atoms with Crippen molar-refractivity contribution in [2.24, 2.45) is 0 Å². The maximum absolute atomic E-state index is 11.4. The Morgan fingerprint density at radius 3 is 2.21 bits per heavy atom. The van der Waals surface area contributed by atoms with Crippen LogP contribution in [0.3, 0.4) is 0 Å². The van der Waals surface area contributed by atoms with E-state index in [9.17, 15) is 9.90 Å². The van der Waals surface area contributed by atoms with Crippen molar-refractivity contribution in [1.82, 2.24) is 5.32 Å². The summed E-state index contributed by atoms with van der Waals surface area (Å²) in [6.07, 6.45) is 1.13. The Balaban J connectivity index is 2.66. The van der Waals surface area contributed by atoms with E-state index in [0.717, 1.165) is 11.3 Å². The Bertz CT molecular complexity index is 396. The second-order valence-electron chi connectivity index (χ2n) is 4.52. The van der Waals surface area contributed by atoms with Gasteiger partial charge in [-0.05, 0) is 37.5 Å². The molecule has 0 aliphatic rings. The minimum atomic E-state index is -0.835. The van der Waals surface area contributed by atoms with Crippen LogP contribution in [0.1, 0.15) is 39.2 Å². The summed E-state index contributed by atoms with van der Waals surface area (Å²) in [6, 6.07) is 7.72. The summed E-state index contributed by atoms with van der Waals surface area (Å²) in [7, 11) is 0. The van der Waals surface area contributed by atoms with Crippen LogP contribution in [0.15, 0.2) is 24.3 Å². The first-order chi connectivity index (χ1) is 9.07. The van der Waals surface area contributed by atoms with E-state index >= 15 is 0 Å². The molecule has 0 saturated carbocycles. The molecular weight excluding hydrogens is 242 g/mol. The Kier molecular flexibility index (Phi) is 5.83. The Morgan fingerprint density at radius 2 is 1.79 bits per heavy atom. The molecule has 4 nitrogen and oxygen atoms in total. The van der Waals surface area contributed by atoms with Gasteiger partial charge in [-0.15, -0.1) is 0 Å². The number of carboxylic acid groups (broad SMARTS) is 1. The first-order valence-corrected chi connectivity index (χ1v) is 6.78. The van der Waals surface area contributed by atoms with Crippen molar-refractivity contribution in [3.63, 3.8) is 0 Å². The summed E-state index contributed by atoms with van der Waals surface area (Å²) in [5.41, 5.74) is 0.217. The van der Waals surface area contributed by atoms with Gasteiger partial charge in [-0.3, -0.25) is 10.1 Å². The molecule has 0 spiro atoms. The summed E-state index contributed by atoms with van der Waals surface area (Å²) in [5.74, 6) is 0.0465. The van der Waals surface area contributed by atoms with Crippen LogP contribution in [-0.4, -0.2) is 23.2 Å². The molecule has 19 heavy (non-hydrogen) atoms. The fourth-order valence-corrected chi connectivity index (χ4v) is 2.02. The van der Waals surface area contributed by atoms with E-state index in [2.05, 4.69) is 5.32 Å². The van der Waals surface area contributed by atoms with Crippen molar-refractivity contribution >= 4 is 5.97 Å². The predicted molar refractivity (Wildman–Crippen MR) is 75.4 cm³/mol. The second-order valence-corrected chi connectivity index (χ2v) is 4.52. The van der Waals surface area contributed by atoms with Gasteiger partial charge >= 0.3 is 5.97 Å². The lowest BCUT2D eigenvalue weighted by Gasteiger charge is -2.28. The van der Waals surface area contributed by atoms with E-state index in [4.69, 9.17) is 4.74 Å². The largest absolute Gasteiger partial charge is 0.494 e. The summed E-state index contributed by atoms with van der Waals surface area (Å²) in [4.78, 5) is 11.4. The molecule has 2 N–H and O–H groups in total. The van der Waals surface area contributed by atoms with Gasteiger partial charge < -0.3 is 9.84 Å². The average molecular weight is 265 g/mol. The van der Waals surface area contributed by atoms with E-state index in [1.165, 1.54) is 0 Å². The maximum atomic E-state index is 11.4. The highest BCUT2D eigenvalue weighted by Crippen LogP contribution is 2.17. The van der Waals surface area contributed by atoms with Crippen LogP contribution >= 0.6 is 0 Å². The second kappa shape index (κ2) is 7.14. The molecule has 0 bridgehead atoms. The standard InChI is InChI=1S/C15H23NO3/c1-4-15(5-2,14(17)18)16-11-12-7-9-13(10-8-12)19-6-3/h7-10,16H,4-6,11H2,1-3H3,(H,17,18). The van der Waals surface area contributed by atoms with Crippen LogP contribution in [0.2, 0.25) is 0 Å². The number of ether oxygens (including phenoxy) is 1. The summed E-state index contributed by atoms with van der Waals surface area (Å²) >= 11 is 0. The molecular formula is C15H23NO3. The maximum Gasteiger partial charge on any atom is 0.323 e. The molecule has 1 aromatic rings. The van der Waals surface area contributed by atoms with Crippen LogP contribution in [-0.2, 0) is 11.3 Å². The lowest BCUT2D eigenvalue weighted by atomic mass is 9.92. The molecule has 0 heterocycles. The minimum Gasteiger partial charge on any atom is -0.494 e. The van der Waals surface area contributed by atoms with Crippen molar-refractivity contribution in [1.29, 1.82) is 0 Å². The number of aliphatic carboxylic acids is 1. The van der Waals surface area contributed by atoms with Gasteiger partial charge in [0.05, 0.1) is 6.61 Å². The first-order valence-electron chi connectivity index (χ1n) is 6.78. The molecule has 0 atom stereocenters. The summed E-state index contributed by atoms with van der Waals surface area (Å²) in [6.45, 7) is 6.91. The molecule has 0 amide bonds. The van der Waals surface area contributed by atoms with E-state index in [0.29, 0.717) is 26.0 Å². The van der Waals surface area contributed by atoms with E-state index in [-0.39, 0.29) is 0 Å². The van der Waals surface area contributed by atoms with E-state index in [1.807, 2.05) is 45.0 Å². The Labute approximate surface area is 114 Å². The van der Waals surface area contributed by atoms with Gasteiger partial charge in [-0.1, -0.05) is 26.0 Å². The third-order valence-corrected chi connectivity index (χ3v) is 3.48. The number of benzene rings is 1. The van der Waals surface area contributed by atoms with Crippen LogP contribution in [0, 0.1) is 0 Å². The molecule has 0 aromatic heterocycles. The smallest absolute Gasteiger partial charge is 0.323 e. The lowest BCUT2D eigenvalue weighted by molar-refractivity contribution is -0.145. The zero-order valence-corrected chi connectivity index (χ0v) is 11.9. The van der Waals surface area contributed by atoms with Gasteiger partial charge in [0.15, 0.2) is 0 Å². The fourth-order valence-electron chi connectivity index (χ4n) is 2.02. The molecule has 4 heteroatoms. The SMILES string of the molecule is CCOc1ccc(CNC(CC)(CC)C(=O)O)cc1. The minimum absolute atomic E-state index is 0.542. The third kappa shape index (κ3) is 3.96. The van der Waals surface area contributed by atoms with E-state index < -0.39 is 11.5 Å². The van der Waals surface area contributed by atoms with E-state index in [1.54, 1.807) is 0 Å². The Hall–Kier alpha value is -1.55. The zero-order chi connectivity index (χ0) is 14.3. The van der Waals surface area contributed by atoms with Gasteiger partial charge in [0, 0.05) is 6.54 Å². The predicted octanol–water partition coefficient (Wildman–Crippen LogP) is 2.82. The fraction of sp³-hybridized carbons (Fsp3) is 0.533. The van der Waals surface area contributed by atoms with Crippen LogP contribution in [0.25, 0.3) is 0 Å². The van der Waals surface area contributed by atoms with Crippen LogP contribution < -0.4 is 10.1 Å². The molecule has 0 aliphatic carbocycles. The number of hydrogen-bond donors (Lipinski definition) is 2. The average Bonchev–Trinajstić information content (AvgIpc) is 2.42. The molecule has 0 fully saturated rings. The molecule has 0 aliphatic heterocycles. The molecule has 0 unspecified atom stereocenters. The molecule has 1 rings (SSSR count). The Morgan fingerprint density at radius 1 is 1.21 bits per heavy atom. The number of rotatable bonds is 8. The zero-order valence-electron chi connectivity index (χ0n) is 11.9. The molecule has 0 saturated heterocycles. The van der Waals surface area contributed by atoms with Crippen molar-refractivity contribution in [2.75, 3.05) is 6.61 Å². The van der Waals surface area contributed by atoms with Crippen molar-refractivity contribution < 1.29 is 14.6 Å². The number of carbonyl (C=O) groups is 1. The monoisotopic (exact) mass is 265 g/mol. The van der Waals surface area contributed by atoms with Crippen LogP contribution in [0.5, 0.6) is 5.75 Å². The first kappa shape index (κ1) is 15.5. The van der Waals surface area contributed by atoms with Crippen molar-refractivity contribution in [3.05, 3.63) is 29.8 Å². The molecule has 1 aromatic carbocycles. The molecule has 106 valence electrons. The molecule has 0 radical (unpaired) electrons. The highest BCUT2D eigenvalue weighted by atomic mass is 16.5. The van der Waals surface area contributed by atoms with Crippen LogP contribution in [0.4, 0.5) is 0 Å². The van der Waals surface area contributed by atoms with Gasteiger partial charge in [0.25, 0.3) is 0 Å². The lowest BCUT2D eigenvalue weighted by Crippen LogP contribution is -2.50. The number of hydrogen-bond acceptors (Lipinski definition) is 3.